The molecule has 0 aliphatic heterocycles. The van der Waals surface area contributed by atoms with E-state index in [1.807, 2.05) is 6.07 Å². The summed E-state index contributed by atoms with van der Waals surface area (Å²) < 4.78 is 25.3. The van der Waals surface area contributed by atoms with Gasteiger partial charge in [0.05, 0.1) is 22.1 Å². The molecule has 10 heteroatoms. The molecule has 2 amide bonds. The third kappa shape index (κ3) is 3.91. The molecule has 0 radical (unpaired) electrons. The van der Waals surface area contributed by atoms with Crippen LogP contribution in [-0.4, -0.2) is 30.9 Å². The van der Waals surface area contributed by atoms with Gasteiger partial charge in [0.1, 0.15) is 14.8 Å². The maximum atomic E-state index is 12.8. The van der Waals surface area contributed by atoms with Gasteiger partial charge in [-0.05, 0) is 38.1 Å². The van der Waals surface area contributed by atoms with Gasteiger partial charge in [-0.1, -0.05) is 6.07 Å². The van der Waals surface area contributed by atoms with Gasteiger partial charge in [0.2, 0.25) is 9.84 Å². The zero-order valence-corrected chi connectivity index (χ0v) is 15.4. The van der Waals surface area contributed by atoms with Gasteiger partial charge < -0.3 is 16.2 Å². The smallest absolute Gasteiger partial charge is 0.256 e. The maximum Gasteiger partial charge on any atom is 0.256 e. The Kier molecular flexibility index (Phi) is 5.18. The van der Waals surface area contributed by atoms with Crippen LogP contribution < -0.4 is 11.1 Å². The number of nitrogens with zero attached hydrogens (tertiary/aromatic N) is 1. The predicted octanol–water partition coefficient (Wildman–Crippen LogP) is 1.26. The van der Waals surface area contributed by atoms with Crippen LogP contribution in [0.2, 0.25) is 0 Å². The first kappa shape index (κ1) is 19.6. The number of nitrogens with two attached hydrogens (primary N) is 1. The average Bonchev–Trinajstić information content (AvgIpc) is 2.99. The highest BCUT2D eigenvalue weighted by molar-refractivity contribution is 7.93. The van der Waals surface area contributed by atoms with Gasteiger partial charge in [-0.3, -0.25) is 9.59 Å². The third-order valence-electron chi connectivity index (χ3n) is 3.30. The molecule has 2 aromatic rings. The van der Waals surface area contributed by atoms with Crippen LogP contribution >= 0.6 is 11.3 Å². The van der Waals surface area contributed by atoms with Crippen LogP contribution in [0, 0.1) is 11.3 Å². The van der Waals surface area contributed by atoms with E-state index in [2.05, 4.69) is 5.32 Å². The van der Waals surface area contributed by atoms with Crippen molar-refractivity contribution in [2.75, 3.05) is 5.32 Å². The van der Waals surface area contributed by atoms with Crippen LogP contribution in [-0.2, 0) is 14.6 Å². The zero-order valence-electron chi connectivity index (χ0n) is 13.8. The molecule has 0 aliphatic carbocycles. The van der Waals surface area contributed by atoms with Gasteiger partial charge in [-0.25, -0.2) is 8.42 Å². The third-order valence-corrected chi connectivity index (χ3v) is 6.57. The van der Waals surface area contributed by atoms with Gasteiger partial charge in [0.25, 0.3) is 11.8 Å². The number of carbonyl (C=O) groups is 2. The number of carbonyl (C=O) groups excluding carboxylic acids is 2. The number of nitrogens with one attached hydrogen (secondary N) is 1. The molecule has 0 atom stereocenters. The standard InChI is InChI=1S/C16H15N3O5S2/c1-16(2,22)15(21)19-14-11(13(18)20)7-12(25-14)26(23,24)10-5-3-4-9(6-10)8-17/h3-7,22H,1-2H3,(H2,18,20)(H,19,21). The lowest BCUT2D eigenvalue weighted by Crippen LogP contribution is -2.36. The highest BCUT2D eigenvalue weighted by Crippen LogP contribution is 2.35. The largest absolute Gasteiger partial charge is 0.381 e. The van der Waals surface area contributed by atoms with E-state index >= 15 is 0 Å². The molecule has 1 aromatic heterocycles. The van der Waals surface area contributed by atoms with Crippen molar-refractivity contribution in [3.63, 3.8) is 0 Å². The summed E-state index contributed by atoms with van der Waals surface area (Å²) in [6.07, 6.45) is 0. The van der Waals surface area contributed by atoms with Crippen molar-refractivity contribution < 1.29 is 23.1 Å². The first-order valence-corrected chi connectivity index (χ1v) is 9.49. The minimum atomic E-state index is -4.03. The first-order valence-electron chi connectivity index (χ1n) is 7.19. The zero-order chi connectivity index (χ0) is 19.7. The number of aliphatic hydroxyl groups is 1. The SMILES string of the molecule is CC(C)(O)C(=O)Nc1sc(S(=O)(=O)c2cccc(C#N)c2)cc1C(N)=O. The number of anilines is 1. The Labute approximate surface area is 153 Å². The summed E-state index contributed by atoms with van der Waals surface area (Å²) in [5.74, 6) is -1.75. The molecule has 136 valence electrons. The Morgan fingerprint density at radius 3 is 2.50 bits per heavy atom. The van der Waals surface area contributed by atoms with Gasteiger partial charge in [-0.2, -0.15) is 5.26 Å². The van der Waals surface area contributed by atoms with Gasteiger partial charge in [-0.15, -0.1) is 11.3 Å². The second kappa shape index (κ2) is 6.87. The fourth-order valence-corrected chi connectivity index (χ4v) is 4.70. The number of primary amides is 1. The Morgan fingerprint density at radius 1 is 1.31 bits per heavy atom. The molecule has 1 aromatic carbocycles. The summed E-state index contributed by atoms with van der Waals surface area (Å²) in [5.41, 5.74) is 3.49. The summed E-state index contributed by atoms with van der Waals surface area (Å²) in [7, 11) is -4.03. The van der Waals surface area contributed by atoms with Crippen molar-refractivity contribution in [3.05, 3.63) is 41.5 Å². The monoisotopic (exact) mass is 393 g/mol. The number of rotatable bonds is 5. The van der Waals surface area contributed by atoms with Crippen LogP contribution in [0.3, 0.4) is 0 Å². The topological polar surface area (TPSA) is 150 Å². The quantitative estimate of drug-likeness (QED) is 0.696. The van der Waals surface area contributed by atoms with Crippen molar-refractivity contribution in [3.8, 4) is 6.07 Å². The molecular weight excluding hydrogens is 378 g/mol. The normalized spacial score (nSPS) is 11.6. The molecule has 0 saturated carbocycles. The van der Waals surface area contributed by atoms with Gasteiger partial charge in [0, 0.05) is 0 Å². The van der Waals surface area contributed by atoms with Gasteiger partial charge in [0.15, 0.2) is 0 Å². The number of thiophene rings is 1. The Balaban J connectivity index is 2.54. The van der Waals surface area contributed by atoms with Crippen molar-refractivity contribution in [1.82, 2.24) is 0 Å². The van der Waals surface area contributed by atoms with Crippen molar-refractivity contribution in [1.29, 1.82) is 5.26 Å². The van der Waals surface area contributed by atoms with Gasteiger partial charge >= 0.3 is 0 Å². The lowest BCUT2D eigenvalue weighted by molar-refractivity contribution is -0.130. The average molecular weight is 393 g/mol. The van der Waals surface area contributed by atoms with Crippen LogP contribution in [0.15, 0.2) is 39.4 Å². The van der Waals surface area contributed by atoms with Crippen molar-refractivity contribution >= 4 is 38.0 Å². The molecule has 0 unspecified atom stereocenters. The molecule has 0 saturated heterocycles. The van der Waals surface area contributed by atoms with Crippen LogP contribution in [0.4, 0.5) is 5.00 Å². The Hall–Kier alpha value is -2.74. The fourth-order valence-electron chi connectivity index (χ4n) is 1.88. The van der Waals surface area contributed by atoms with E-state index in [4.69, 9.17) is 11.0 Å². The fraction of sp³-hybridized carbons (Fsp3) is 0.188. The van der Waals surface area contributed by atoms with E-state index in [1.165, 1.54) is 38.1 Å². The molecule has 0 bridgehead atoms. The predicted molar refractivity (Wildman–Crippen MR) is 94.4 cm³/mol. The number of nitriles is 1. The highest BCUT2D eigenvalue weighted by atomic mass is 32.2. The number of benzene rings is 1. The number of hydrogen-bond donors (Lipinski definition) is 3. The Bertz CT molecular complexity index is 1030. The Morgan fingerprint density at radius 2 is 1.96 bits per heavy atom. The van der Waals surface area contributed by atoms with E-state index in [-0.39, 0.29) is 25.2 Å². The lowest BCUT2D eigenvalue weighted by atomic mass is 10.1. The van der Waals surface area contributed by atoms with E-state index < -0.39 is 27.3 Å². The molecule has 1 heterocycles. The second-order valence-corrected chi connectivity index (χ2v) is 9.06. The summed E-state index contributed by atoms with van der Waals surface area (Å²) >= 11 is 0.633. The minimum Gasteiger partial charge on any atom is -0.381 e. The van der Waals surface area contributed by atoms with E-state index in [1.54, 1.807) is 0 Å². The molecule has 0 fully saturated rings. The molecule has 0 aliphatic rings. The van der Waals surface area contributed by atoms with Crippen LogP contribution in [0.5, 0.6) is 0 Å². The van der Waals surface area contributed by atoms with Crippen LogP contribution in [0.25, 0.3) is 0 Å². The summed E-state index contributed by atoms with van der Waals surface area (Å²) in [4.78, 5) is 23.4. The lowest BCUT2D eigenvalue weighted by Gasteiger charge is -2.16. The minimum absolute atomic E-state index is 0.0837. The second-order valence-electron chi connectivity index (χ2n) is 5.83. The maximum absolute atomic E-state index is 12.8. The summed E-state index contributed by atoms with van der Waals surface area (Å²) in [6.45, 7) is 2.48. The summed E-state index contributed by atoms with van der Waals surface area (Å²) in [6, 6.07) is 8.30. The molecule has 8 nitrogen and oxygen atoms in total. The molecule has 0 spiro atoms. The molecule has 2 rings (SSSR count). The molecular formula is C16H15N3O5S2. The van der Waals surface area contributed by atoms with Crippen LogP contribution in [0.1, 0.15) is 29.8 Å². The van der Waals surface area contributed by atoms with Crippen molar-refractivity contribution in [2.24, 2.45) is 5.73 Å². The van der Waals surface area contributed by atoms with Crippen molar-refractivity contribution in [2.45, 2.75) is 28.6 Å². The summed E-state index contributed by atoms with van der Waals surface area (Å²) in [5, 5.41) is 20.9. The van der Waals surface area contributed by atoms with E-state index in [0.29, 0.717) is 11.3 Å². The van der Waals surface area contributed by atoms with E-state index in [0.717, 1.165) is 6.07 Å². The number of amides is 2. The highest BCUT2D eigenvalue weighted by Gasteiger charge is 2.29. The molecule has 26 heavy (non-hydrogen) atoms. The number of sulfone groups is 1. The number of hydrogen-bond acceptors (Lipinski definition) is 7. The first-order chi connectivity index (χ1) is 12.0. The van der Waals surface area contributed by atoms with E-state index in [9.17, 15) is 23.1 Å². The molecule has 4 N–H and O–H groups in total.